The molecule has 2 aliphatic rings. The van der Waals surface area contributed by atoms with E-state index in [9.17, 15) is 22.3 Å². The zero-order chi connectivity index (χ0) is 30.4. The minimum Gasteiger partial charge on any atom is -0.386 e. The minimum absolute atomic E-state index is 0.154. The molecule has 6 rings (SSSR count). The van der Waals surface area contributed by atoms with Crippen LogP contribution in [0.3, 0.4) is 0 Å². The smallest absolute Gasteiger partial charge is 0.256 e. The Balaban J connectivity index is 1.27. The molecule has 0 aliphatic heterocycles. The maximum Gasteiger partial charge on any atom is 0.256 e. The van der Waals surface area contributed by atoms with Gasteiger partial charge in [0, 0.05) is 60.4 Å². The molecule has 0 atom stereocenters. The number of aromatic nitrogens is 6. The van der Waals surface area contributed by atoms with E-state index in [4.69, 9.17) is 0 Å². The molecular weight excluding hydrogens is 578 g/mol. The Kier molecular flexibility index (Phi) is 7.37. The number of pyridine rings is 2. The van der Waals surface area contributed by atoms with Gasteiger partial charge in [-0.2, -0.15) is 9.19 Å². The summed E-state index contributed by atoms with van der Waals surface area (Å²) in [4.78, 5) is 17.9. The predicted octanol–water partition coefficient (Wildman–Crippen LogP) is 5.10. The highest BCUT2D eigenvalue weighted by Crippen LogP contribution is 2.37. The van der Waals surface area contributed by atoms with Gasteiger partial charge in [-0.05, 0) is 51.7 Å². The quantitative estimate of drug-likeness (QED) is 0.234. The first-order chi connectivity index (χ1) is 20.4. The van der Waals surface area contributed by atoms with E-state index >= 15 is 0 Å². The number of halogens is 2. The van der Waals surface area contributed by atoms with Crippen molar-refractivity contribution in [1.29, 1.82) is 0 Å². The van der Waals surface area contributed by atoms with E-state index in [0.29, 0.717) is 65.4 Å². The van der Waals surface area contributed by atoms with Crippen molar-refractivity contribution in [1.82, 2.24) is 29.1 Å². The van der Waals surface area contributed by atoms with Crippen molar-refractivity contribution in [3.05, 3.63) is 60.8 Å². The zero-order valence-electron chi connectivity index (χ0n) is 23.7. The molecule has 2 aliphatic carbocycles. The molecule has 4 aromatic heterocycles. The topological polar surface area (TPSA) is 148 Å². The molecule has 2 fully saturated rings. The van der Waals surface area contributed by atoms with E-state index in [0.717, 1.165) is 4.09 Å². The van der Waals surface area contributed by atoms with E-state index in [1.54, 1.807) is 56.7 Å². The van der Waals surface area contributed by atoms with E-state index in [2.05, 4.69) is 35.7 Å². The summed E-state index contributed by atoms with van der Waals surface area (Å²) in [6, 6.07) is 6.85. The molecule has 0 amide bonds. The molecule has 4 heterocycles. The molecule has 2 saturated carbocycles. The van der Waals surface area contributed by atoms with Crippen molar-refractivity contribution >= 4 is 27.3 Å². The van der Waals surface area contributed by atoms with Gasteiger partial charge in [-0.1, -0.05) is 6.07 Å². The molecule has 11 nitrogen and oxygen atoms in total. The summed E-state index contributed by atoms with van der Waals surface area (Å²) < 4.78 is 53.7. The van der Waals surface area contributed by atoms with Gasteiger partial charge in [0.1, 0.15) is 11.6 Å². The van der Waals surface area contributed by atoms with Crippen molar-refractivity contribution in [3.63, 3.8) is 0 Å². The number of rotatable bonds is 9. The van der Waals surface area contributed by atoms with Crippen LogP contribution in [-0.4, -0.2) is 59.9 Å². The van der Waals surface area contributed by atoms with Crippen LogP contribution in [0.25, 0.3) is 22.6 Å². The third-order valence-corrected chi connectivity index (χ3v) is 9.70. The maximum atomic E-state index is 13.8. The lowest BCUT2D eigenvalue weighted by Crippen LogP contribution is -2.32. The average Bonchev–Trinajstić information content (AvgIpc) is 3.71. The van der Waals surface area contributed by atoms with Crippen LogP contribution in [0.15, 0.2) is 55.2 Å². The standard InChI is InChI=1S/C29H32F2N8O3S/c1-28(2,40)19-3-6-23(33-15-19)22-16-34-26(13-24(22)36-20-7-10-29(30,31)11-8-20)37-25-9-12-32-27(38-25)18-14-35-39(17-18)43(41,42)21-4-5-21/h3,6,9,12-17,20-21,40H,4-5,7-8,10-11H2,1-2H3,(H2,32,34,36,37,38). The number of aliphatic hydroxyl groups is 1. The van der Waals surface area contributed by atoms with Crippen LogP contribution in [-0.2, 0) is 15.6 Å². The molecule has 43 heavy (non-hydrogen) atoms. The van der Waals surface area contributed by atoms with Gasteiger partial charge in [-0.3, -0.25) is 4.98 Å². The van der Waals surface area contributed by atoms with Gasteiger partial charge in [0.05, 0.1) is 34.5 Å². The van der Waals surface area contributed by atoms with Gasteiger partial charge in [0.2, 0.25) is 5.92 Å². The Hall–Kier alpha value is -4.04. The summed E-state index contributed by atoms with van der Waals surface area (Å²) in [5.41, 5.74) is 2.01. The Labute approximate surface area is 247 Å². The summed E-state index contributed by atoms with van der Waals surface area (Å²) in [5.74, 6) is -1.50. The number of anilines is 3. The van der Waals surface area contributed by atoms with Crippen LogP contribution in [0.5, 0.6) is 0 Å². The fourth-order valence-corrected chi connectivity index (χ4v) is 6.42. The Morgan fingerprint density at radius 2 is 1.77 bits per heavy atom. The second-order valence-electron chi connectivity index (χ2n) is 11.6. The zero-order valence-corrected chi connectivity index (χ0v) is 24.5. The molecule has 0 spiro atoms. The predicted molar refractivity (Wildman–Crippen MR) is 157 cm³/mol. The lowest BCUT2D eigenvalue weighted by atomic mass is 9.92. The second-order valence-corrected chi connectivity index (χ2v) is 13.7. The third kappa shape index (κ3) is 6.49. The summed E-state index contributed by atoms with van der Waals surface area (Å²) in [6.45, 7) is 3.36. The van der Waals surface area contributed by atoms with Crippen molar-refractivity contribution in [2.24, 2.45) is 0 Å². The lowest BCUT2D eigenvalue weighted by Gasteiger charge is -2.30. The van der Waals surface area contributed by atoms with E-state index in [1.165, 1.54) is 12.4 Å². The molecule has 14 heteroatoms. The van der Waals surface area contributed by atoms with E-state index in [1.807, 2.05) is 0 Å². The van der Waals surface area contributed by atoms with Crippen LogP contribution in [0.4, 0.5) is 26.1 Å². The second kappa shape index (κ2) is 10.9. The molecule has 0 aromatic carbocycles. The number of hydrogen-bond donors (Lipinski definition) is 3. The minimum atomic E-state index is -3.51. The number of hydrogen-bond acceptors (Lipinski definition) is 10. The molecule has 3 N–H and O–H groups in total. The Morgan fingerprint density at radius 1 is 1.00 bits per heavy atom. The lowest BCUT2D eigenvalue weighted by molar-refractivity contribution is -0.0360. The summed E-state index contributed by atoms with van der Waals surface area (Å²) in [5, 5.41) is 20.5. The SMILES string of the molecule is CC(C)(O)c1ccc(-c2cnc(Nc3ccnc(-c4cnn(S(=O)(=O)C5CC5)c4)n3)cc2NC2CCC(F)(F)CC2)nc1. The third-order valence-electron chi connectivity index (χ3n) is 7.66. The molecule has 0 saturated heterocycles. The normalized spacial score (nSPS) is 17.5. The van der Waals surface area contributed by atoms with Gasteiger partial charge in [-0.15, -0.1) is 0 Å². The van der Waals surface area contributed by atoms with Crippen LogP contribution in [0.1, 0.15) is 57.9 Å². The summed E-state index contributed by atoms with van der Waals surface area (Å²) in [7, 11) is -3.51. The molecular formula is C29H32F2N8O3S. The molecule has 0 unspecified atom stereocenters. The molecule has 226 valence electrons. The summed E-state index contributed by atoms with van der Waals surface area (Å²) in [6.07, 6.45) is 9.15. The van der Waals surface area contributed by atoms with Crippen molar-refractivity contribution in [2.45, 2.75) is 75.2 Å². The highest BCUT2D eigenvalue weighted by molar-refractivity contribution is 7.90. The van der Waals surface area contributed by atoms with Gasteiger partial charge in [0.15, 0.2) is 5.82 Å². The van der Waals surface area contributed by atoms with E-state index in [-0.39, 0.29) is 24.7 Å². The monoisotopic (exact) mass is 610 g/mol. The van der Waals surface area contributed by atoms with Crippen LogP contribution in [0, 0.1) is 0 Å². The average molecular weight is 611 g/mol. The van der Waals surface area contributed by atoms with Crippen molar-refractivity contribution < 1.29 is 22.3 Å². The number of nitrogens with one attached hydrogen (secondary N) is 2. The van der Waals surface area contributed by atoms with Crippen molar-refractivity contribution in [2.75, 3.05) is 10.6 Å². The molecule has 0 radical (unpaired) electrons. The fraction of sp³-hybridized carbons (Fsp3) is 0.414. The maximum absolute atomic E-state index is 13.8. The first-order valence-corrected chi connectivity index (χ1v) is 15.6. The highest BCUT2D eigenvalue weighted by Gasteiger charge is 2.38. The first-order valence-electron chi connectivity index (χ1n) is 14.1. The van der Waals surface area contributed by atoms with Crippen LogP contribution >= 0.6 is 0 Å². The molecule has 4 aromatic rings. The van der Waals surface area contributed by atoms with Gasteiger partial charge in [-0.25, -0.2) is 32.2 Å². The van der Waals surface area contributed by atoms with Gasteiger partial charge < -0.3 is 15.7 Å². The molecule has 0 bridgehead atoms. The summed E-state index contributed by atoms with van der Waals surface area (Å²) >= 11 is 0. The highest BCUT2D eigenvalue weighted by atomic mass is 32.2. The van der Waals surface area contributed by atoms with Crippen LogP contribution < -0.4 is 10.6 Å². The van der Waals surface area contributed by atoms with Gasteiger partial charge >= 0.3 is 0 Å². The first kappa shape index (κ1) is 29.1. The number of nitrogens with zero attached hydrogens (tertiary/aromatic N) is 6. The Bertz CT molecular complexity index is 1730. The van der Waals surface area contributed by atoms with Gasteiger partial charge in [0.25, 0.3) is 10.0 Å². The number of alkyl halides is 2. The largest absolute Gasteiger partial charge is 0.386 e. The van der Waals surface area contributed by atoms with E-state index < -0.39 is 26.8 Å². The Morgan fingerprint density at radius 3 is 2.44 bits per heavy atom. The van der Waals surface area contributed by atoms with Crippen molar-refractivity contribution in [3.8, 4) is 22.6 Å². The fourth-order valence-electron chi connectivity index (χ4n) is 4.94. The van der Waals surface area contributed by atoms with Crippen LogP contribution in [0.2, 0.25) is 0 Å².